The van der Waals surface area contributed by atoms with Crippen LogP contribution in [0.3, 0.4) is 0 Å². The van der Waals surface area contributed by atoms with Crippen LogP contribution in [0.1, 0.15) is 41.9 Å². The van der Waals surface area contributed by atoms with Gasteiger partial charge >= 0.3 is 0 Å². The lowest BCUT2D eigenvalue weighted by atomic mass is 10.1. The summed E-state index contributed by atoms with van der Waals surface area (Å²) in [7, 11) is 0. The predicted octanol–water partition coefficient (Wildman–Crippen LogP) is 1.47. The molecule has 0 aliphatic carbocycles. The fourth-order valence-electron chi connectivity index (χ4n) is 2.77. The zero-order valence-corrected chi connectivity index (χ0v) is 11.1. The van der Waals surface area contributed by atoms with Gasteiger partial charge in [-0.05, 0) is 12.8 Å². The first kappa shape index (κ1) is 12.0. The van der Waals surface area contributed by atoms with Gasteiger partial charge in [0.25, 0.3) is 5.89 Å². The van der Waals surface area contributed by atoms with Crippen LogP contribution in [0.2, 0.25) is 0 Å². The van der Waals surface area contributed by atoms with E-state index in [1.165, 1.54) is 0 Å². The van der Waals surface area contributed by atoms with Crippen LogP contribution >= 0.6 is 0 Å². The van der Waals surface area contributed by atoms with Crippen LogP contribution in [0, 0.1) is 0 Å². The fourth-order valence-corrected chi connectivity index (χ4v) is 2.77. The number of hydrogen-bond acceptors (Lipinski definition) is 7. The molecule has 0 bridgehead atoms. The number of rotatable bonds is 3. The minimum Gasteiger partial charge on any atom is -0.368 e. The Bertz CT molecular complexity index is 588. The first-order chi connectivity index (χ1) is 9.88. The van der Waals surface area contributed by atoms with Crippen LogP contribution in [-0.2, 0) is 24.2 Å². The SMILES string of the molecule is c1onc2c1CN(Cc1noc([C@@H]3CCCO3)n1)CC2. The summed E-state index contributed by atoms with van der Waals surface area (Å²) in [6, 6.07) is 0. The molecule has 1 fully saturated rings. The van der Waals surface area contributed by atoms with Gasteiger partial charge in [0.15, 0.2) is 5.82 Å². The Morgan fingerprint density at radius 1 is 1.35 bits per heavy atom. The number of hydrogen-bond donors (Lipinski definition) is 0. The summed E-state index contributed by atoms with van der Waals surface area (Å²) in [5.41, 5.74) is 2.22. The van der Waals surface area contributed by atoms with E-state index in [9.17, 15) is 0 Å². The number of fused-ring (bicyclic) bond motifs is 1. The van der Waals surface area contributed by atoms with Gasteiger partial charge in [-0.1, -0.05) is 10.3 Å². The molecule has 2 aromatic rings. The van der Waals surface area contributed by atoms with Crippen molar-refractivity contribution in [3.8, 4) is 0 Å². The highest BCUT2D eigenvalue weighted by molar-refractivity contribution is 5.17. The van der Waals surface area contributed by atoms with Crippen molar-refractivity contribution >= 4 is 0 Å². The maximum absolute atomic E-state index is 5.55. The van der Waals surface area contributed by atoms with E-state index in [2.05, 4.69) is 20.2 Å². The van der Waals surface area contributed by atoms with E-state index in [0.717, 1.165) is 56.0 Å². The zero-order valence-electron chi connectivity index (χ0n) is 11.1. The van der Waals surface area contributed by atoms with Crippen LogP contribution in [0.25, 0.3) is 0 Å². The van der Waals surface area contributed by atoms with Gasteiger partial charge in [0, 0.05) is 31.7 Å². The lowest BCUT2D eigenvalue weighted by Crippen LogP contribution is -2.30. The molecule has 0 aromatic carbocycles. The van der Waals surface area contributed by atoms with Gasteiger partial charge in [-0.2, -0.15) is 4.98 Å². The molecule has 2 aliphatic rings. The van der Waals surface area contributed by atoms with Crippen molar-refractivity contribution in [3.63, 3.8) is 0 Å². The molecule has 7 nitrogen and oxygen atoms in total. The molecule has 20 heavy (non-hydrogen) atoms. The third-order valence-corrected chi connectivity index (χ3v) is 3.84. The quantitative estimate of drug-likeness (QED) is 0.839. The van der Waals surface area contributed by atoms with E-state index < -0.39 is 0 Å². The third kappa shape index (κ3) is 2.23. The number of nitrogens with zero attached hydrogens (tertiary/aromatic N) is 4. The molecule has 0 amide bonds. The molecule has 1 saturated heterocycles. The second-order valence-electron chi connectivity index (χ2n) is 5.30. The number of ether oxygens (including phenoxy) is 1. The first-order valence-corrected chi connectivity index (χ1v) is 6.97. The van der Waals surface area contributed by atoms with Crippen LogP contribution < -0.4 is 0 Å². The van der Waals surface area contributed by atoms with E-state index in [0.29, 0.717) is 12.4 Å². The average molecular weight is 276 g/mol. The van der Waals surface area contributed by atoms with Gasteiger partial charge < -0.3 is 13.8 Å². The van der Waals surface area contributed by atoms with Crippen LogP contribution in [0.15, 0.2) is 15.3 Å². The Morgan fingerprint density at radius 3 is 3.25 bits per heavy atom. The van der Waals surface area contributed by atoms with Crippen molar-refractivity contribution in [2.24, 2.45) is 0 Å². The largest absolute Gasteiger partial charge is 0.368 e. The summed E-state index contributed by atoms with van der Waals surface area (Å²) < 4.78 is 15.8. The summed E-state index contributed by atoms with van der Waals surface area (Å²) in [6.07, 6.45) is 4.64. The molecule has 1 atom stereocenters. The van der Waals surface area contributed by atoms with E-state index in [1.807, 2.05) is 0 Å². The lowest BCUT2D eigenvalue weighted by molar-refractivity contribution is 0.0835. The molecule has 2 aromatic heterocycles. The Balaban J connectivity index is 1.42. The standard InChI is InChI=1S/C13H16N4O3/c1-2-11(18-5-1)13-14-12(16-20-13)7-17-4-3-10-9(6-17)8-19-15-10/h8,11H,1-7H2/t11-/m0/s1. The topological polar surface area (TPSA) is 77.4 Å². The van der Waals surface area contributed by atoms with Crippen molar-refractivity contribution in [2.75, 3.05) is 13.2 Å². The van der Waals surface area contributed by atoms with Crippen LogP contribution in [0.5, 0.6) is 0 Å². The highest BCUT2D eigenvalue weighted by Crippen LogP contribution is 2.27. The Kier molecular flexibility index (Phi) is 3.00. The highest BCUT2D eigenvalue weighted by Gasteiger charge is 2.25. The van der Waals surface area contributed by atoms with E-state index in [4.69, 9.17) is 13.8 Å². The molecule has 0 N–H and O–H groups in total. The predicted molar refractivity (Wildman–Crippen MR) is 66.5 cm³/mol. The molecule has 7 heteroatoms. The second-order valence-corrected chi connectivity index (χ2v) is 5.30. The van der Waals surface area contributed by atoms with Crippen molar-refractivity contribution < 1.29 is 13.8 Å². The van der Waals surface area contributed by atoms with Crippen molar-refractivity contribution in [1.29, 1.82) is 0 Å². The van der Waals surface area contributed by atoms with E-state index in [1.54, 1.807) is 6.26 Å². The maximum atomic E-state index is 5.55. The summed E-state index contributed by atoms with van der Waals surface area (Å²) in [4.78, 5) is 6.71. The minimum absolute atomic E-state index is 0.0118. The number of aromatic nitrogens is 3. The van der Waals surface area contributed by atoms with Gasteiger partial charge in [0.2, 0.25) is 0 Å². The van der Waals surface area contributed by atoms with E-state index >= 15 is 0 Å². The average Bonchev–Trinajstić information content (AvgIpc) is 3.19. The molecule has 0 radical (unpaired) electrons. The van der Waals surface area contributed by atoms with Crippen molar-refractivity contribution in [2.45, 2.75) is 38.5 Å². The highest BCUT2D eigenvalue weighted by atomic mass is 16.5. The summed E-state index contributed by atoms with van der Waals surface area (Å²) in [6.45, 7) is 3.22. The van der Waals surface area contributed by atoms with Gasteiger partial charge in [0.05, 0.1) is 12.2 Å². The second kappa shape index (κ2) is 4.99. The molecule has 4 heterocycles. The van der Waals surface area contributed by atoms with Crippen molar-refractivity contribution in [3.05, 3.63) is 29.2 Å². The maximum Gasteiger partial charge on any atom is 0.255 e. The Hall–Kier alpha value is -1.73. The van der Waals surface area contributed by atoms with Crippen molar-refractivity contribution in [1.82, 2.24) is 20.2 Å². The summed E-state index contributed by atoms with van der Waals surface area (Å²) in [5, 5.41) is 8.04. The lowest BCUT2D eigenvalue weighted by Gasteiger charge is -2.23. The molecule has 0 saturated carbocycles. The molecule has 4 rings (SSSR count). The summed E-state index contributed by atoms with van der Waals surface area (Å²) >= 11 is 0. The Labute approximate surface area is 115 Å². The monoisotopic (exact) mass is 276 g/mol. The van der Waals surface area contributed by atoms with Gasteiger partial charge in [-0.3, -0.25) is 4.90 Å². The molecule has 2 aliphatic heterocycles. The molecule has 0 unspecified atom stereocenters. The molecule has 106 valence electrons. The van der Waals surface area contributed by atoms with Crippen LogP contribution in [0.4, 0.5) is 0 Å². The summed E-state index contributed by atoms with van der Waals surface area (Å²) in [5.74, 6) is 1.33. The Morgan fingerprint density at radius 2 is 2.35 bits per heavy atom. The molecular weight excluding hydrogens is 260 g/mol. The molecule has 0 spiro atoms. The van der Waals surface area contributed by atoms with E-state index in [-0.39, 0.29) is 6.10 Å². The first-order valence-electron chi connectivity index (χ1n) is 6.97. The fraction of sp³-hybridized carbons (Fsp3) is 0.615. The zero-order chi connectivity index (χ0) is 13.4. The van der Waals surface area contributed by atoms with Gasteiger partial charge in [0.1, 0.15) is 12.4 Å². The van der Waals surface area contributed by atoms with Gasteiger partial charge in [-0.25, -0.2) is 0 Å². The van der Waals surface area contributed by atoms with Crippen LogP contribution in [-0.4, -0.2) is 33.3 Å². The minimum atomic E-state index is -0.0118. The third-order valence-electron chi connectivity index (χ3n) is 3.84. The smallest absolute Gasteiger partial charge is 0.255 e. The van der Waals surface area contributed by atoms with Gasteiger partial charge in [-0.15, -0.1) is 0 Å². The molecular formula is C13H16N4O3. The normalized spacial score (nSPS) is 23.1.